The molecule has 19 heteroatoms. The fourth-order valence-electron chi connectivity index (χ4n) is 7.20. The van der Waals surface area contributed by atoms with Crippen molar-refractivity contribution in [1.29, 1.82) is 0 Å². The topological polar surface area (TPSA) is 151 Å². The molecule has 0 saturated carbocycles. The molecule has 1 N–H and O–H groups in total. The van der Waals surface area contributed by atoms with Gasteiger partial charge in [-0.15, -0.1) is 16.9 Å². The molecule has 2 fully saturated rings. The molecule has 2 saturated heterocycles. The van der Waals surface area contributed by atoms with E-state index in [0.717, 1.165) is 32.7 Å². The van der Waals surface area contributed by atoms with Gasteiger partial charge in [0.25, 0.3) is 0 Å². The van der Waals surface area contributed by atoms with Crippen molar-refractivity contribution in [3.63, 3.8) is 0 Å². The first-order valence-corrected chi connectivity index (χ1v) is 29.7. The van der Waals surface area contributed by atoms with Gasteiger partial charge in [-0.05, 0) is 198 Å². The summed E-state index contributed by atoms with van der Waals surface area (Å²) in [7, 11) is 0. The third-order valence-electron chi connectivity index (χ3n) is 12.5. The number of thioether (sulfide) groups is 1. The Labute approximate surface area is 480 Å². The van der Waals surface area contributed by atoms with Gasteiger partial charge < -0.3 is 9.91 Å². The first kappa shape index (κ1) is 71.6. The maximum atomic E-state index is 4.13. The van der Waals surface area contributed by atoms with Gasteiger partial charge in [-0.2, -0.15) is 25.2 Å². The predicted molar refractivity (Wildman–Crippen MR) is 332 cm³/mol. The zero-order valence-electron chi connectivity index (χ0n) is 53.8. The highest BCUT2D eigenvalue weighted by atomic mass is 32.2. The van der Waals surface area contributed by atoms with E-state index in [1.165, 1.54) is 44.1 Å². The molecule has 78 heavy (non-hydrogen) atoms. The van der Waals surface area contributed by atoms with E-state index in [1.807, 2.05) is 55.1 Å². The van der Waals surface area contributed by atoms with Gasteiger partial charge in [-0.1, -0.05) is 23.4 Å². The quantitative estimate of drug-likeness (QED) is 0.194. The third kappa shape index (κ3) is 31.4. The number of nitrogens with zero attached hydrogens (tertiary/aromatic N) is 17. The molecule has 0 aliphatic carbocycles. The molecular weight excluding hydrogens is 993 g/mol. The molecule has 0 aromatic carbocycles. The molecule has 5 aliphatic heterocycles. The van der Waals surface area contributed by atoms with Crippen molar-refractivity contribution < 1.29 is 0 Å². The van der Waals surface area contributed by atoms with Crippen LogP contribution in [0.2, 0.25) is 0 Å². The van der Waals surface area contributed by atoms with E-state index >= 15 is 0 Å². The van der Waals surface area contributed by atoms with Crippen LogP contribution in [0.15, 0.2) is 85.3 Å². The highest BCUT2D eigenvalue weighted by molar-refractivity contribution is 7.99. The number of rotatable bonds is 3. The van der Waals surface area contributed by atoms with Crippen LogP contribution in [-0.4, -0.2) is 177 Å². The summed E-state index contributed by atoms with van der Waals surface area (Å²) in [5, 5.41) is 25.4. The van der Waals surface area contributed by atoms with Crippen LogP contribution in [0.5, 0.6) is 0 Å². The van der Waals surface area contributed by atoms with Crippen molar-refractivity contribution in [3.8, 4) is 0 Å². The average molecular weight is 1110 g/mol. The number of aromatic nitrogens is 11. The molecule has 0 atom stereocenters. The van der Waals surface area contributed by atoms with E-state index in [2.05, 4.69) is 247 Å². The number of aliphatic imine (C=N–C) groups is 1. The maximum absolute atomic E-state index is 4.13. The van der Waals surface area contributed by atoms with Gasteiger partial charge >= 0.3 is 0 Å². The van der Waals surface area contributed by atoms with Gasteiger partial charge in [0.15, 0.2) is 0 Å². The summed E-state index contributed by atoms with van der Waals surface area (Å²) in [5.74, 6) is 2.54. The van der Waals surface area contributed by atoms with Gasteiger partial charge in [0.1, 0.15) is 12.7 Å². The molecule has 0 unspecified atom stereocenters. The normalized spacial score (nSPS) is 16.8. The summed E-state index contributed by atoms with van der Waals surface area (Å²) in [6.45, 7) is 61.5. The highest BCUT2D eigenvalue weighted by Gasteiger charge is 2.25. The van der Waals surface area contributed by atoms with Crippen LogP contribution in [0.25, 0.3) is 0 Å². The zero-order valence-corrected chi connectivity index (χ0v) is 54.6. The average Bonchev–Trinajstić information content (AvgIpc) is 4.19. The van der Waals surface area contributed by atoms with Crippen LogP contribution in [-0.2, 0) is 5.54 Å². The van der Waals surface area contributed by atoms with Crippen molar-refractivity contribution in [2.45, 2.75) is 230 Å². The van der Waals surface area contributed by atoms with E-state index < -0.39 is 0 Å². The fourth-order valence-corrected chi connectivity index (χ4v) is 8.42. The van der Waals surface area contributed by atoms with Gasteiger partial charge in [-0.25, -0.2) is 10.4 Å². The maximum Gasteiger partial charge on any atom is 0.137 e. The number of nitrogens with one attached hydrogen (secondary N) is 1. The van der Waals surface area contributed by atoms with Gasteiger partial charge in [0.2, 0.25) is 0 Å². The Balaban J connectivity index is 0.000000439. The largest absolute Gasteiger partial charge is 0.356 e. The lowest BCUT2D eigenvalue weighted by Crippen LogP contribution is -2.43. The molecule has 0 bridgehead atoms. The van der Waals surface area contributed by atoms with Crippen LogP contribution in [0, 0.1) is 0 Å². The summed E-state index contributed by atoms with van der Waals surface area (Å²) < 4.78 is 5.55. The molecule has 4 aromatic heterocycles. The third-order valence-corrected chi connectivity index (χ3v) is 13.4. The highest BCUT2D eigenvalue weighted by Crippen LogP contribution is 2.23. The fraction of sp³-hybridized carbons (Fsp3) is 0.763. The van der Waals surface area contributed by atoms with E-state index in [1.54, 1.807) is 51.6 Å². The van der Waals surface area contributed by atoms with Gasteiger partial charge in [0, 0.05) is 109 Å². The Morgan fingerprint density at radius 1 is 0.526 bits per heavy atom. The second kappa shape index (κ2) is 34.7. The SMILES string of the molecule is CC(C)(C)N1C=CCN1.CC(C)(C)N1C=NCC1.CC(C)(C)N1CC=CC1.CC(C)(C)N1CCCC1.CC(C)(C)N1CCSC1.CC(C)(C)n1cccn1.CC(C)n1ccnn1.CC(C)n1cncn1.CC(C)n1nccn1. The van der Waals surface area contributed by atoms with Crippen LogP contribution in [0.1, 0.15) is 197 Å². The number of likely N-dealkylation sites (tertiary alicyclic amines) is 1. The number of hydrazine groups is 1. The lowest BCUT2D eigenvalue weighted by Gasteiger charge is -2.31. The Kier molecular flexibility index (Phi) is 31.8. The summed E-state index contributed by atoms with van der Waals surface area (Å²) in [5.41, 5.74) is 4.98. The minimum atomic E-state index is 0.128. The van der Waals surface area contributed by atoms with Crippen molar-refractivity contribution in [2.75, 3.05) is 64.0 Å². The molecule has 4 aromatic rings. The molecule has 9 rings (SSSR count). The van der Waals surface area contributed by atoms with Crippen molar-refractivity contribution in [1.82, 2.24) is 84.6 Å². The summed E-state index contributed by atoms with van der Waals surface area (Å²) in [4.78, 5) is 19.3. The predicted octanol–water partition coefficient (Wildman–Crippen LogP) is 11.8. The molecule has 0 spiro atoms. The number of hydrogen-bond donors (Lipinski definition) is 1. The van der Waals surface area contributed by atoms with Gasteiger partial charge in [0.05, 0.1) is 43.1 Å². The van der Waals surface area contributed by atoms with Crippen LogP contribution in [0.3, 0.4) is 0 Å². The standard InChI is InChI=1S/C8H17N.C8H15N.2C7H14N2.C7H12N2.C7H15NS.3C5H9N3/c2*1-8(2,3)9-6-4-5-7-9;1-7(2,3)9-5-4-8-6-9;2*1-7(2,3)9-6-4-5-8-9;1-7(2,3)8-4-5-9-6-8;1-5(2)8-4-6-3-7-8;1-5(2)8-4-3-6-7-8;1-5(2)8-6-3-4-7-8/h4-7H2,1-3H3;4-5H,6-7H2,1-3H3;6H,4-5H2,1-3H3;4,6,8H,5H2,1-3H3;4-6H,1-3H3;4-6H2,1-3H3;3*3-5H,1-2H3. The minimum absolute atomic E-state index is 0.128. The van der Waals surface area contributed by atoms with E-state index in [0.29, 0.717) is 34.7 Å². The number of hydrogen-bond acceptors (Lipinski definition) is 15. The van der Waals surface area contributed by atoms with E-state index in [4.69, 9.17) is 0 Å². The lowest BCUT2D eigenvalue weighted by molar-refractivity contribution is 0.158. The second-order valence-electron chi connectivity index (χ2n) is 26.6. The van der Waals surface area contributed by atoms with E-state index in [-0.39, 0.29) is 16.6 Å². The van der Waals surface area contributed by atoms with Crippen LogP contribution < -0.4 is 5.43 Å². The Morgan fingerprint density at radius 2 is 1.10 bits per heavy atom. The molecule has 9 heterocycles. The molecule has 446 valence electrons. The lowest BCUT2D eigenvalue weighted by atomic mass is 10.1. The summed E-state index contributed by atoms with van der Waals surface area (Å²) in [6.07, 6.45) is 27.3. The summed E-state index contributed by atoms with van der Waals surface area (Å²) >= 11 is 2.03. The smallest absolute Gasteiger partial charge is 0.137 e. The second-order valence-corrected chi connectivity index (χ2v) is 27.6. The molecule has 0 amide bonds. The molecular formula is C59H114N18S. The van der Waals surface area contributed by atoms with Crippen LogP contribution in [0.4, 0.5) is 0 Å². The molecule has 0 radical (unpaired) electrons. The molecule has 18 nitrogen and oxygen atoms in total. The van der Waals surface area contributed by atoms with E-state index in [9.17, 15) is 0 Å². The Morgan fingerprint density at radius 3 is 1.33 bits per heavy atom. The van der Waals surface area contributed by atoms with Crippen molar-refractivity contribution in [3.05, 3.63) is 80.3 Å². The van der Waals surface area contributed by atoms with Crippen LogP contribution >= 0.6 is 11.8 Å². The summed E-state index contributed by atoms with van der Waals surface area (Å²) in [6, 6.07) is 3.17. The first-order valence-electron chi connectivity index (χ1n) is 28.5. The van der Waals surface area contributed by atoms with Crippen molar-refractivity contribution in [2.24, 2.45) is 4.99 Å². The Hall–Kier alpha value is -4.43. The first-order chi connectivity index (χ1) is 36.0. The zero-order chi connectivity index (χ0) is 59.4. The minimum Gasteiger partial charge on any atom is -0.356 e. The van der Waals surface area contributed by atoms with Gasteiger partial charge in [-0.3, -0.25) is 33.7 Å². The Bertz CT molecular complexity index is 1930. The molecule has 5 aliphatic rings. The van der Waals surface area contributed by atoms with Crippen molar-refractivity contribution >= 4 is 18.1 Å². The monoisotopic (exact) mass is 1110 g/mol.